The van der Waals surface area contributed by atoms with E-state index in [1.165, 1.54) is 43.8 Å². The molecule has 0 saturated carbocycles. The highest BCUT2D eigenvalue weighted by molar-refractivity contribution is 7.99. The van der Waals surface area contributed by atoms with Gasteiger partial charge in [-0.25, -0.2) is 4.39 Å². The van der Waals surface area contributed by atoms with Crippen molar-refractivity contribution >= 4 is 29.3 Å². The zero-order chi connectivity index (χ0) is 21.0. The summed E-state index contributed by atoms with van der Waals surface area (Å²) in [6.45, 7) is 0. The molecule has 2 aromatic carbocycles. The Morgan fingerprint density at radius 1 is 1.31 bits per heavy atom. The SMILES string of the molecule is COc1ccc(C(=O)/C=C\c2ccc(Sc3nncn3C)c([N+](=O)[O-])c2)c(F)c1. The summed E-state index contributed by atoms with van der Waals surface area (Å²) in [5, 5.41) is 19.6. The molecule has 0 bridgehead atoms. The number of carbonyl (C=O) groups is 1. The van der Waals surface area contributed by atoms with Gasteiger partial charge >= 0.3 is 0 Å². The molecule has 0 atom stereocenters. The lowest BCUT2D eigenvalue weighted by Gasteiger charge is -2.04. The van der Waals surface area contributed by atoms with E-state index < -0.39 is 16.5 Å². The highest BCUT2D eigenvalue weighted by atomic mass is 32.2. The average molecular weight is 414 g/mol. The van der Waals surface area contributed by atoms with Gasteiger partial charge in [0, 0.05) is 19.2 Å². The van der Waals surface area contributed by atoms with E-state index in [0.29, 0.717) is 21.4 Å². The zero-order valence-electron chi connectivity index (χ0n) is 15.4. The molecule has 3 aromatic rings. The molecule has 1 aromatic heterocycles. The van der Waals surface area contributed by atoms with Gasteiger partial charge in [-0.05, 0) is 41.6 Å². The molecule has 29 heavy (non-hydrogen) atoms. The second kappa shape index (κ2) is 8.65. The van der Waals surface area contributed by atoms with Crippen LogP contribution in [-0.2, 0) is 7.05 Å². The number of rotatable bonds is 7. The number of nitro groups is 1. The van der Waals surface area contributed by atoms with Crippen LogP contribution in [0.4, 0.5) is 10.1 Å². The third-order valence-corrected chi connectivity index (χ3v) is 5.04. The first-order chi connectivity index (χ1) is 13.9. The monoisotopic (exact) mass is 414 g/mol. The van der Waals surface area contributed by atoms with Gasteiger partial charge in [-0.15, -0.1) is 10.2 Å². The summed E-state index contributed by atoms with van der Waals surface area (Å²) in [5.41, 5.74) is 0.176. The third kappa shape index (κ3) is 4.66. The zero-order valence-corrected chi connectivity index (χ0v) is 16.2. The highest BCUT2D eigenvalue weighted by Gasteiger charge is 2.17. The van der Waals surface area contributed by atoms with Crippen molar-refractivity contribution in [2.75, 3.05) is 7.11 Å². The fraction of sp³-hybridized carbons (Fsp3) is 0.105. The van der Waals surface area contributed by atoms with Gasteiger partial charge < -0.3 is 9.30 Å². The Bertz CT molecular complexity index is 1110. The molecule has 0 fully saturated rings. The molecule has 1 heterocycles. The molecule has 0 unspecified atom stereocenters. The van der Waals surface area contributed by atoms with Crippen molar-refractivity contribution in [2.45, 2.75) is 10.1 Å². The topological polar surface area (TPSA) is 100 Å². The summed E-state index contributed by atoms with van der Waals surface area (Å²) < 4.78 is 20.6. The molecule has 0 radical (unpaired) electrons. The lowest BCUT2D eigenvalue weighted by Crippen LogP contribution is -1.99. The van der Waals surface area contributed by atoms with Crippen molar-refractivity contribution in [1.29, 1.82) is 0 Å². The molecular formula is C19H15FN4O4S. The number of benzene rings is 2. The van der Waals surface area contributed by atoms with Crippen LogP contribution >= 0.6 is 11.8 Å². The standard InChI is InChI=1S/C19H15FN4O4S/c1-23-11-21-22-19(23)29-18-8-4-12(9-16(18)24(26)27)3-7-17(25)14-6-5-13(28-2)10-15(14)20/h3-11H,1-2H3/b7-3-. The van der Waals surface area contributed by atoms with Crippen LogP contribution in [0.1, 0.15) is 15.9 Å². The van der Waals surface area contributed by atoms with Crippen molar-refractivity contribution < 1.29 is 18.8 Å². The van der Waals surface area contributed by atoms with E-state index in [1.54, 1.807) is 23.7 Å². The first kappa shape index (κ1) is 20.2. The highest BCUT2D eigenvalue weighted by Crippen LogP contribution is 2.34. The minimum Gasteiger partial charge on any atom is -0.497 e. The van der Waals surface area contributed by atoms with E-state index in [9.17, 15) is 19.3 Å². The van der Waals surface area contributed by atoms with Crippen molar-refractivity contribution in [3.8, 4) is 5.75 Å². The Kier molecular flexibility index (Phi) is 6.03. The number of allylic oxidation sites excluding steroid dienone is 1. The minimum absolute atomic E-state index is 0.119. The number of nitro benzene ring substituents is 1. The Labute approximate surface area is 169 Å². The van der Waals surface area contributed by atoms with Crippen molar-refractivity contribution in [3.05, 3.63) is 75.9 Å². The number of hydrogen-bond acceptors (Lipinski definition) is 7. The van der Waals surface area contributed by atoms with Crippen LogP contribution in [0.3, 0.4) is 0 Å². The molecule has 0 aliphatic rings. The second-order valence-corrected chi connectivity index (χ2v) is 6.86. The molecule has 8 nitrogen and oxygen atoms in total. The van der Waals surface area contributed by atoms with E-state index in [1.807, 2.05) is 0 Å². The van der Waals surface area contributed by atoms with Crippen LogP contribution < -0.4 is 4.74 Å². The Morgan fingerprint density at radius 3 is 2.72 bits per heavy atom. The van der Waals surface area contributed by atoms with E-state index >= 15 is 0 Å². The van der Waals surface area contributed by atoms with Crippen molar-refractivity contribution in [3.63, 3.8) is 0 Å². The van der Waals surface area contributed by atoms with E-state index in [2.05, 4.69) is 10.2 Å². The molecule has 10 heteroatoms. The maximum absolute atomic E-state index is 14.0. The van der Waals surface area contributed by atoms with Crippen molar-refractivity contribution in [1.82, 2.24) is 14.8 Å². The normalized spacial score (nSPS) is 11.0. The second-order valence-electron chi connectivity index (χ2n) is 5.85. The fourth-order valence-corrected chi connectivity index (χ4v) is 3.26. The fourth-order valence-electron chi connectivity index (χ4n) is 2.41. The quantitative estimate of drug-likeness (QED) is 0.250. The predicted octanol–water partition coefficient (Wildman–Crippen LogP) is 3.92. The number of nitrogens with zero attached hydrogens (tertiary/aromatic N) is 4. The first-order valence-corrected chi connectivity index (χ1v) is 9.07. The van der Waals surface area contributed by atoms with Crippen LogP contribution in [0.25, 0.3) is 6.08 Å². The van der Waals surface area contributed by atoms with Crippen LogP contribution in [0.5, 0.6) is 5.75 Å². The Balaban J connectivity index is 1.84. The van der Waals surface area contributed by atoms with Crippen molar-refractivity contribution in [2.24, 2.45) is 7.05 Å². The summed E-state index contributed by atoms with van der Waals surface area (Å²) in [6.07, 6.45) is 4.06. The van der Waals surface area contributed by atoms with Gasteiger partial charge in [-0.1, -0.05) is 12.1 Å². The number of ether oxygens (including phenoxy) is 1. The summed E-state index contributed by atoms with van der Waals surface area (Å²) in [6, 6.07) is 8.45. The maximum atomic E-state index is 14.0. The molecule has 0 amide bonds. The molecule has 0 spiro atoms. The van der Waals surface area contributed by atoms with Gasteiger partial charge in [0.25, 0.3) is 5.69 Å². The van der Waals surface area contributed by atoms with Crippen LogP contribution in [-0.4, -0.2) is 32.6 Å². The van der Waals surface area contributed by atoms with Gasteiger partial charge in [0.15, 0.2) is 10.9 Å². The maximum Gasteiger partial charge on any atom is 0.283 e. The number of halogens is 1. The first-order valence-electron chi connectivity index (χ1n) is 8.25. The van der Waals surface area contributed by atoms with Gasteiger partial charge in [0.05, 0.1) is 22.5 Å². The number of aryl methyl sites for hydroxylation is 1. The van der Waals surface area contributed by atoms with Gasteiger partial charge in [0.2, 0.25) is 0 Å². The van der Waals surface area contributed by atoms with E-state index in [4.69, 9.17) is 4.74 Å². The van der Waals surface area contributed by atoms with E-state index in [-0.39, 0.29) is 11.3 Å². The molecule has 0 saturated heterocycles. The molecule has 3 rings (SSSR count). The van der Waals surface area contributed by atoms with Gasteiger partial charge in [-0.3, -0.25) is 14.9 Å². The summed E-state index contributed by atoms with van der Waals surface area (Å²) >= 11 is 1.11. The van der Waals surface area contributed by atoms with Gasteiger partial charge in [-0.2, -0.15) is 0 Å². The average Bonchev–Trinajstić information content (AvgIpc) is 3.11. The predicted molar refractivity (Wildman–Crippen MR) is 105 cm³/mol. The molecule has 148 valence electrons. The number of ketones is 1. The van der Waals surface area contributed by atoms with E-state index in [0.717, 1.165) is 17.8 Å². The van der Waals surface area contributed by atoms with Crippen LogP contribution in [0.15, 0.2) is 58.9 Å². The summed E-state index contributed by atoms with van der Waals surface area (Å²) in [4.78, 5) is 23.6. The number of aromatic nitrogens is 3. The Morgan fingerprint density at radius 2 is 2.10 bits per heavy atom. The largest absolute Gasteiger partial charge is 0.497 e. The van der Waals surface area contributed by atoms with Crippen LogP contribution in [0, 0.1) is 15.9 Å². The summed E-state index contributed by atoms with van der Waals surface area (Å²) in [7, 11) is 3.13. The minimum atomic E-state index is -0.708. The number of carbonyl (C=O) groups excluding carboxylic acids is 1. The smallest absolute Gasteiger partial charge is 0.283 e. The lowest BCUT2D eigenvalue weighted by molar-refractivity contribution is -0.387. The Hall–Kier alpha value is -3.53. The van der Waals surface area contributed by atoms with Crippen LogP contribution in [0.2, 0.25) is 0 Å². The third-order valence-electron chi connectivity index (χ3n) is 3.92. The number of methoxy groups -OCH3 is 1. The molecule has 0 N–H and O–H groups in total. The number of hydrogen-bond donors (Lipinski definition) is 0. The molecule has 0 aliphatic carbocycles. The molecular weight excluding hydrogens is 399 g/mol. The lowest BCUT2D eigenvalue weighted by atomic mass is 10.1. The molecule has 0 aliphatic heterocycles. The van der Waals surface area contributed by atoms with Gasteiger partial charge in [0.1, 0.15) is 17.9 Å². The summed E-state index contributed by atoms with van der Waals surface area (Å²) in [5.74, 6) is -0.972.